The lowest BCUT2D eigenvalue weighted by atomic mass is 9.81. The quantitative estimate of drug-likeness (QED) is 0.0290. The van der Waals surface area contributed by atoms with E-state index in [-0.39, 0.29) is 18.6 Å². The van der Waals surface area contributed by atoms with Gasteiger partial charge in [-0.3, -0.25) is 9.59 Å². The van der Waals surface area contributed by atoms with Crippen molar-refractivity contribution in [3.05, 3.63) is 48.6 Å². The van der Waals surface area contributed by atoms with Gasteiger partial charge in [0.25, 0.3) is 5.60 Å². The molecule has 1 heterocycles. The molecule has 8 heteroatoms. The van der Waals surface area contributed by atoms with Gasteiger partial charge in [-0.15, -0.1) is 0 Å². The Kier molecular flexibility index (Phi) is 28.7. The summed E-state index contributed by atoms with van der Waals surface area (Å²) in [5.74, 6) is -4.93. The number of aliphatic hydroxyl groups is 2. The van der Waals surface area contributed by atoms with Crippen molar-refractivity contribution in [3.63, 3.8) is 0 Å². The van der Waals surface area contributed by atoms with Crippen molar-refractivity contribution >= 4 is 23.5 Å². The Morgan fingerprint density at radius 1 is 0.635 bits per heavy atom. The highest BCUT2D eigenvalue weighted by molar-refractivity contribution is 6.17. The zero-order chi connectivity index (χ0) is 38.1. The average Bonchev–Trinajstić information content (AvgIpc) is 3.14. The summed E-state index contributed by atoms with van der Waals surface area (Å²) in [6, 6.07) is 0. The van der Waals surface area contributed by atoms with Crippen molar-refractivity contribution in [3.8, 4) is 0 Å². The fourth-order valence-corrected chi connectivity index (χ4v) is 6.38. The molecule has 0 bridgehead atoms. The van der Waals surface area contributed by atoms with Crippen LogP contribution in [0.1, 0.15) is 174 Å². The van der Waals surface area contributed by atoms with Gasteiger partial charge in [-0.1, -0.05) is 165 Å². The van der Waals surface area contributed by atoms with Crippen LogP contribution >= 0.6 is 0 Å². The third kappa shape index (κ3) is 20.4. The van der Waals surface area contributed by atoms with Crippen LogP contribution in [0.4, 0.5) is 0 Å². The van der Waals surface area contributed by atoms with E-state index in [9.17, 15) is 29.4 Å². The van der Waals surface area contributed by atoms with Crippen LogP contribution in [0.2, 0.25) is 0 Å². The molecule has 0 aromatic heterocycles. The first-order valence-corrected chi connectivity index (χ1v) is 20.7. The molecular weight excluding hydrogens is 656 g/mol. The minimum Gasteiger partial charge on any atom is -0.444 e. The lowest BCUT2D eigenvalue weighted by molar-refractivity contribution is -0.218. The number of esters is 2. The maximum Gasteiger partial charge on any atom is 0.362 e. The van der Waals surface area contributed by atoms with E-state index in [0.29, 0.717) is 19.3 Å². The van der Waals surface area contributed by atoms with Gasteiger partial charge in [-0.05, 0) is 51.4 Å². The Hall–Kier alpha value is -2.84. The van der Waals surface area contributed by atoms with Gasteiger partial charge in [0, 0.05) is 6.42 Å². The van der Waals surface area contributed by atoms with Crippen molar-refractivity contribution < 1.29 is 38.9 Å². The third-order valence-electron chi connectivity index (χ3n) is 9.71. The normalized spacial score (nSPS) is 18.6. The molecule has 3 unspecified atom stereocenters. The van der Waals surface area contributed by atoms with E-state index in [0.717, 1.165) is 38.5 Å². The van der Waals surface area contributed by atoms with Gasteiger partial charge < -0.3 is 19.7 Å². The van der Waals surface area contributed by atoms with Gasteiger partial charge in [0.05, 0.1) is 12.5 Å². The first-order chi connectivity index (χ1) is 25.4. The highest BCUT2D eigenvalue weighted by Gasteiger charge is 2.58. The minimum atomic E-state index is -2.61. The number of ketones is 2. The second kappa shape index (κ2) is 31.7. The fourth-order valence-electron chi connectivity index (χ4n) is 6.38. The molecule has 1 aliphatic rings. The third-order valence-corrected chi connectivity index (χ3v) is 9.71. The molecule has 52 heavy (non-hydrogen) atoms. The van der Waals surface area contributed by atoms with Crippen LogP contribution in [0.15, 0.2) is 48.6 Å². The summed E-state index contributed by atoms with van der Waals surface area (Å²) in [4.78, 5) is 52.4. The lowest BCUT2D eigenvalue weighted by Gasteiger charge is -2.36. The van der Waals surface area contributed by atoms with E-state index in [1.807, 2.05) is 12.2 Å². The zero-order valence-corrected chi connectivity index (χ0v) is 32.7. The molecule has 0 radical (unpaired) electrons. The minimum absolute atomic E-state index is 0.112. The van der Waals surface area contributed by atoms with Crippen LogP contribution in [0.3, 0.4) is 0 Å². The summed E-state index contributed by atoms with van der Waals surface area (Å²) in [5.41, 5.74) is -2.61. The molecule has 0 aromatic carbocycles. The molecular formula is C44H72O8. The monoisotopic (exact) mass is 729 g/mol. The van der Waals surface area contributed by atoms with Gasteiger partial charge in [0.1, 0.15) is 12.4 Å². The highest BCUT2D eigenvalue weighted by atomic mass is 16.7. The Morgan fingerprint density at radius 2 is 1.08 bits per heavy atom. The van der Waals surface area contributed by atoms with Gasteiger partial charge in [-0.2, -0.15) is 0 Å². The number of aliphatic hydroxyl groups excluding tert-OH is 2. The van der Waals surface area contributed by atoms with E-state index >= 15 is 0 Å². The smallest absolute Gasteiger partial charge is 0.362 e. The zero-order valence-electron chi connectivity index (χ0n) is 32.7. The molecule has 1 aliphatic heterocycles. The lowest BCUT2D eigenvalue weighted by Crippen LogP contribution is -2.63. The van der Waals surface area contributed by atoms with Gasteiger partial charge >= 0.3 is 11.9 Å². The molecule has 1 rings (SSSR count). The molecule has 0 aromatic rings. The number of rotatable bonds is 34. The van der Waals surface area contributed by atoms with Crippen LogP contribution in [0.5, 0.6) is 0 Å². The molecule has 0 spiro atoms. The Balaban J connectivity index is 2.56. The summed E-state index contributed by atoms with van der Waals surface area (Å²) in [6.45, 7) is 2.51. The van der Waals surface area contributed by atoms with E-state index in [1.165, 1.54) is 89.9 Å². The van der Waals surface area contributed by atoms with Crippen LogP contribution in [-0.2, 0) is 28.7 Å². The summed E-state index contributed by atoms with van der Waals surface area (Å²) >= 11 is 0. The highest BCUT2D eigenvalue weighted by Crippen LogP contribution is 2.29. The fraction of sp³-hybridized carbons (Fsp3) is 0.727. The van der Waals surface area contributed by atoms with Crippen LogP contribution in [-0.4, -0.2) is 58.6 Å². The van der Waals surface area contributed by atoms with Crippen LogP contribution in [0, 0.1) is 5.92 Å². The van der Waals surface area contributed by atoms with E-state index < -0.39 is 48.6 Å². The van der Waals surface area contributed by atoms with Crippen molar-refractivity contribution in [1.29, 1.82) is 0 Å². The average molecular weight is 729 g/mol. The standard InChI is InChI=1S/C44H72O8/c1-3-5-7-9-11-13-15-17-19-21-22-24-26-28-30-32-34-38(41(48)44(37-46)43(50)51-40(36-45)42(49)52-44)39(47)35-33-31-29-27-25-23-20-18-16-14-12-10-8-6-4-2/h11,13,17,19,22,24,28,30,38,40,45-46H,3-10,12,14-16,18,20-21,23,25-27,29,31-37H2,1-2H3/b13-11-,19-17-,24-22-,30-28-. The van der Waals surface area contributed by atoms with Crippen molar-refractivity contribution in [1.82, 2.24) is 0 Å². The molecule has 3 atom stereocenters. The number of unbranched alkanes of at least 4 members (excludes halogenated alkanes) is 17. The Labute approximate surface area is 315 Å². The Bertz CT molecular complexity index is 1090. The first kappa shape index (κ1) is 47.2. The molecule has 8 nitrogen and oxygen atoms in total. The summed E-state index contributed by atoms with van der Waals surface area (Å²) in [5, 5.41) is 19.4. The number of carbonyl (C=O) groups is 4. The molecule has 1 fully saturated rings. The van der Waals surface area contributed by atoms with Crippen LogP contribution in [0.25, 0.3) is 0 Å². The van der Waals surface area contributed by atoms with E-state index in [2.05, 4.69) is 50.3 Å². The number of carbonyl (C=O) groups excluding carboxylic acids is 4. The summed E-state index contributed by atoms with van der Waals surface area (Å²) in [7, 11) is 0. The molecule has 0 saturated carbocycles. The van der Waals surface area contributed by atoms with Crippen molar-refractivity contribution in [2.24, 2.45) is 5.92 Å². The molecule has 296 valence electrons. The topological polar surface area (TPSA) is 127 Å². The Morgan fingerprint density at radius 3 is 1.56 bits per heavy atom. The number of ether oxygens (including phenoxy) is 2. The van der Waals surface area contributed by atoms with Gasteiger partial charge in [0.2, 0.25) is 11.9 Å². The van der Waals surface area contributed by atoms with Crippen molar-refractivity contribution in [2.45, 2.75) is 186 Å². The van der Waals surface area contributed by atoms with Crippen LogP contribution < -0.4 is 0 Å². The molecule has 2 N–H and O–H groups in total. The molecule has 0 amide bonds. The largest absolute Gasteiger partial charge is 0.444 e. The predicted molar refractivity (Wildman–Crippen MR) is 210 cm³/mol. The second-order valence-corrected chi connectivity index (χ2v) is 14.2. The first-order valence-electron chi connectivity index (χ1n) is 20.7. The molecule has 1 saturated heterocycles. The van der Waals surface area contributed by atoms with E-state index in [1.54, 1.807) is 0 Å². The van der Waals surface area contributed by atoms with Gasteiger partial charge in [0.15, 0.2) is 0 Å². The number of cyclic esters (lactones) is 2. The maximum atomic E-state index is 13.7. The number of hydrogen-bond acceptors (Lipinski definition) is 8. The summed E-state index contributed by atoms with van der Waals surface area (Å²) < 4.78 is 10.1. The number of allylic oxidation sites excluding steroid dienone is 8. The number of hydrogen-bond donors (Lipinski definition) is 2. The maximum absolute atomic E-state index is 13.7. The van der Waals surface area contributed by atoms with E-state index in [4.69, 9.17) is 9.47 Å². The SMILES string of the molecule is CCCCC/C=C\C/C=C\C/C=C\C/C=C\CCC(C(=O)CCCCCCCCCCCCCCCCC)C(=O)C1(CO)OC(=O)C(CO)OC1=O. The predicted octanol–water partition coefficient (Wildman–Crippen LogP) is 9.95. The van der Waals surface area contributed by atoms with Crippen molar-refractivity contribution in [2.75, 3.05) is 13.2 Å². The second-order valence-electron chi connectivity index (χ2n) is 14.2. The van der Waals surface area contributed by atoms with Gasteiger partial charge in [-0.25, -0.2) is 9.59 Å². The summed E-state index contributed by atoms with van der Waals surface area (Å²) in [6.07, 6.45) is 41.2. The number of Topliss-reactive ketones (excluding diaryl/α,β-unsaturated/α-hetero) is 2. The molecule has 0 aliphatic carbocycles.